The van der Waals surface area contributed by atoms with Crippen molar-refractivity contribution in [1.29, 1.82) is 0 Å². The number of amides is 1. The molecule has 2 aliphatic rings. The Labute approximate surface area is 118 Å². The molecule has 0 aromatic heterocycles. The fourth-order valence-corrected chi connectivity index (χ4v) is 3.68. The first kappa shape index (κ1) is 12.9. The molecule has 0 atom stereocenters. The molecule has 1 amide bonds. The summed E-state index contributed by atoms with van der Waals surface area (Å²) >= 11 is 6.11. The molecule has 3 nitrogen and oxygen atoms in total. The quantitative estimate of drug-likeness (QED) is 0.903. The molecule has 0 radical (unpaired) electrons. The number of hydrogen-bond donors (Lipinski definition) is 1. The highest BCUT2D eigenvalue weighted by Gasteiger charge is 2.54. The van der Waals surface area contributed by atoms with Crippen LogP contribution in [-0.4, -0.2) is 23.4 Å². The van der Waals surface area contributed by atoms with Gasteiger partial charge in [0.2, 0.25) is 5.91 Å². The topological polar surface area (TPSA) is 46.3 Å². The molecule has 1 spiro atoms. The maximum atomic E-state index is 12.8. The second-order valence-electron chi connectivity index (χ2n) is 5.78. The summed E-state index contributed by atoms with van der Waals surface area (Å²) in [6.45, 7) is 3.62. The summed E-state index contributed by atoms with van der Waals surface area (Å²) in [7, 11) is 0. The maximum absolute atomic E-state index is 12.8. The van der Waals surface area contributed by atoms with Gasteiger partial charge in [-0.2, -0.15) is 0 Å². The Morgan fingerprint density at radius 2 is 2.21 bits per heavy atom. The van der Waals surface area contributed by atoms with E-state index in [-0.39, 0.29) is 11.9 Å². The molecule has 3 rings (SSSR count). The monoisotopic (exact) mass is 278 g/mol. The number of carbonyl (C=O) groups is 1. The molecule has 0 saturated heterocycles. The van der Waals surface area contributed by atoms with E-state index in [1.54, 1.807) is 0 Å². The smallest absolute Gasteiger partial charge is 0.233 e. The van der Waals surface area contributed by atoms with E-state index in [4.69, 9.17) is 17.3 Å². The van der Waals surface area contributed by atoms with Gasteiger partial charge >= 0.3 is 0 Å². The summed E-state index contributed by atoms with van der Waals surface area (Å²) in [5, 5.41) is 0.704. The average Bonchev–Trinajstić information content (AvgIpc) is 2.34. The van der Waals surface area contributed by atoms with Gasteiger partial charge in [-0.3, -0.25) is 4.79 Å². The highest BCUT2D eigenvalue weighted by Crippen LogP contribution is 2.49. The van der Waals surface area contributed by atoms with E-state index in [1.807, 2.05) is 17.0 Å². The van der Waals surface area contributed by atoms with Crippen LogP contribution >= 0.6 is 11.6 Å². The van der Waals surface area contributed by atoms with E-state index in [2.05, 4.69) is 13.0 Å². The zero-order valence-electron chi connectivity index (χ0n) is 11.2. The third-order valence-electron chi connectivity index (χ3n) is 4.36. The Morgan fingerprint density at radius 1 is 1.47 bits per heavy atom. The molecule has 1 aliphatic carbocycles. The Morgan fingerprint density at radius 3 is 2.84 bits per heavy atom. The van der Waals surface area contributed by atoms with Gasteiger partial charge in [-0.25, -0.2) is 0 Å². The first-order valence-electron chi connectivity index (χ1n) is 6.90. The van der Waals surface area contributed by atoms with Gasteiger partial charge in [0.05, 0.1) is 5.41 Å². The van der Waals surface area contributed by atoms with Gasteiger partial charge in [0.25, 0.3) is 0 Å². The van der Waals surface area contributed by atoms with Gasteiger partial charge in [-0.05, 0) is 42.5 Å². The lowest BCUT2D eigenvalue weighted by Crippen LogP contribution is -2.61. The van der Waals surface area contributed by atoms with Gasteiger partial charge in [0, 0.05) is 24.2 Å². The average molecular weight is 279 g/mol. The second-order valence-corrected chi connectivity index (χ2v) is 6.22. The minimum absolute atomic E-state index is 0.136. The minimum atomic E-state index is -0.396. The molecule has 2 N–H and O–H groups in total. The number of fused-ring (bicyclic) bond motifs is 2. The first-order valence-corrected chi connectivity index (χ1v) is 7.28. The zero-order valence-corrected chi connectivity index (χ0v) is 11.9. The lowest BCUT2D eigenvalue weighted by atomic mass is 9.58. The van der Waals surface area contributed by atoms with Crippen molar-refractivity contribution in [3.05, 3.63) is 34.3 Å². The molecule has 0 bridgehead atoms. The SMILES string of the molecule is CCCN1Cc2ccc(Cl)cc2C2(CC(N)C2)C1=O. The molecular weight excluding hydrogens is 260 g/mol. The number of rotatable bonds is 2. The van der Waals surface area contributed by atoms with Crippen molar-refractivity contribution in [2.45, 2.75) is 44.2 Å². The van der Waals surface area contributed by atoms with Gasteiger partial charge in [0.15, 0.2) is 0 Å². The lowest BCUT2D eigenvalue weighted by molar-refractivity contribution is -0.144. The van der Waals surface area contributed by atoms with Crippen LogP contribution in [0.1, 0.15) is 37.3 Å². The number of halogens is 1. The highest BCUT2D eigenvalue weighted by molar-refractivity contribution is 6.30. The number of nitrogens with two attached hydrogens (primary N) is 1. The third-order valence-corrected chi connectivity index (χ3v) is 4.60. The lowest BCUT2D eigenvalue weighted by Gasteiger charge is -2.51. The van der Waals surface area contributed by atoms with Gasteiger partial charge in [0.1, 0.15) is 0 Å². The van der Waals surface area contributed by atoms with Gasteiger partial charge in [-0.1, -0.05) is 24.6 Å². The fraction of sp³-hybridized carbons (Fsp3) is 0.533. The largest absolute Gasteiger partial charge is 0.338 e. The number of benzene rings is 1. The van der Waals surface area contributed by atoms with Crippen LogP contribution in [0.4, 0.5) is 0 Å². The van der Waals surface area contributed by atoms with Gasteiger partial charge < -0.3 is 10.6 Å². The van der Waals surface area contributed by atoms with E-state index < -0.39 is 5.41 Å². The fourth-order valence-electron chi connectivity index (χ4n) is 3.51. The summed E-state index contributed by atoms with van der Waals surface area (Å²) in [6.07, 6.45) is 2.48. The van der Waals surface area contributed by atoms with Crippen LogP contribution in [0.5, 0.6) is 0 Å². The Kier molecular flexibility index (Phi) is 3.06. The molecule has 1 aromatic rings. The van der Waals surface area contributed by atoms with Crippen LogP contribution in [0, 0.1) is 0 Å². The van der Waals surface area contributed by atoms with E-state index in [0.717, 1.165) is 31.4 Å². The zero-order chi connectivity index (χ0) is 13.6. The summed E-state index contributed by atoms with van der Waals surface area (Å²) in [5.41, 5.74) is 7.90. The van der Waals surface area contributed by atoms with Crippen molar-refractivity contribution in [2.75, 3.05) is 6.54 Å². The third kappa shape index (κ3) is 1.87. The summed E-state index contributed by atoms with van der Waals surface area (Å²) in [6, 6.07) is 6.06. The van der Waals surface area contributed by atoms with E-state index in [9.17, 15) is 4.79 Å². The molecule has 0 unspecified atom stereocenters. The minimum Gasteiger partial charge on any atom is -0.338 e. The van der Waals surface area contributed by atoms with Crippen LogP contribution in [-0.2, 0) is 16.8 Å². The molecule has 1 saturated carbocycles. The molecule has 102 valence electrons. The van der Waals surface area contributed by atoms with Crippen molar-refractivity contribution in [2.24, 2.45) is 5.73 Å². The van der Waals surface area contributed by atoms with Gasteiger partial charge in [-0.15, -0.1) is 0 Å². The first-order chi connectivity index (χ1) is 9.06. The van der Waals surface area contributed by atoms with Crippen molar-refractivity contribution in [3.63, 3.8) is 0 Å². The second kappa shape index (κ2) is 4.50. The van der Waals surface area contributed by atoms with Crippen molar-refractivity contribution in [3.8, 4) is 0 Å². The predicted molar refractivity (Wildman–Crippen MR) is 76.0 cm³/mol. The molecular formula is C15H19ClN2O. The van der Waals surface area contributed by atoms with Crippen molar-refractivity contribution in [1.82, 2.24) is 4.90 Å². The molecule has 1 aliphatic heterocycles. The molecule has 1 aromatic carbocycles. The molecule has 1 fully saturated rings. The summed E-state index contributed by atoms with van der Waals surface area (Å²) < 4.78 is 0. The van der Waals surface area contributed by atoms with E-state index in [0.29, 0.717) is 11.6 Å². The molecule has 1 heterocycles. The van der Waals surface area contributed by atoms with Crippen LogP contribution < -0.4 is 5.73 Å². The number of nitrogens with zero attached hydrogens (tertiary/aromatic N) is 1. The predicted octanol–water partition coefficient (Wildman–Crippen LogP) is 2.45. The van der Waals surface area contributed by atoms with Crippen LogP contribution in [0.25, 0.3) is 0 Å². The standard InChI is InChI=1S/C15H19ClN2O/c1-2-5-18-9-10-3-4-11(16)6-13(10)15(14(18)19)7-12(17)8-15/h3-4,6,12H,2,5,7-9,17H2,1H3. The normalized spacial score (nSPS) is 29.3. The summed E-state index contributed by atoms with van der Waals surface area (Å²) in [4.78, 5) is 14.7. The van der Waals surface area contributed by atoms with E-state index >= 15 is 0 Å². The molecule has 4 heteroatoms. The number of carbonyl (C=O) groups excluding carboxylic acids is 1. The molecule has 19 heavy (non-hydrogen) atoms. The van der Waals surface area contributed by atoms with Crippen LogP contribution in [0.15, 0.2) is 18.2 Å². The van der Waals surface area contributed by atoms with Crippen LogP contribution in [0.2, 0.25) is 5.02 Å². The maximum Gasteiger partial charge on any atom is 0.233 e. The van der Waals surface area contributed by atoms with Crippen molar-refractivity contribution < 1.29 is 4.79 Å². The van der Waals surface area contributed by atoms with Crippen LogP contribution in [0.3, 0.4) is 0 Å². The Bertz CT molecular complexity index is 523. The Hall–Kier alpha value is -1.06. The summed E-state index contributed by atoms with van der Waals surface area (Å²) in [5.74, 6) is 0.241. The Balaban J connectivity index is 2.06. The number of hydrogen-bond acceptors (Lipinski definition) is 2. The highest BCUT2D eigenvalue weighted by atomic mass is 35.5. The van der Waals surface area contributed by atoms with E-state index in [1.165, 1.54) is 5.56 Å². The van der Waals surface area contributed by atoms with Crippen molar-refractivity contribution >= 4 is 17.5 Å².